The van der Waals surface area contributed by atoms with Gasteiger partial charge in [0.15, 0.2) is 0 Å². The summed E-state index contributed by atoms with van der Waals surface area (Å²) in [7, 11) is 0. The van der Waals surface area contributed by atoms with Crippen molar-refractivity contribution >= 4 is 6.09 Å². The molecule has 3 heteroatoms. The van der Waals surface area contributed by atoms with Crippen molar-refractivity contribution in [1.29, 1.82) is 0 Å². The second-order valence-electron chi connectivity index (χ2n) is 1.70. The molecule has 1 heterocycles. The van der Waals surface area contributed by atoms with E-state index in [9.17, 15) is 4.79 Å². The molecule has 1 aliphatic rings. The smallest absolute Gasteiger partial charge is 0.411 e. The van der Waals surface area contributed by atoms with E-state index in [-0.39, 0.29) is 0 Å². The quantitative estimate of drug-likeness (QED) is 0.525. The Hall–Kier alpha value is -1.25. The molecule has 1 aliphatic heterocycles. The molecule has 1 amide bonds. The van der Waals surface area contributed by atoms with E-state index < -0.39 is 6.09 Å². The van der Waals surface area contributed by atoms with Crippen LogP contribution in [0.1, 0.15) is 0 Å². The number of hydrogen-bond acceptors (Lipinski definition) is 1. The number of carbonyl (C=O) groups is 1. The molecule has 0 atom stereocenters. The van der Waals surface area contributed by atoms with E-state index in [1.54, 1.807) is 12.2 Å². The lowest BCUT2D eigenvalue weighted by Gasteiger charge is -2.12. The minimum absolute atomic E-state index is 0.464. The molecule has 0 aliphatic carbocycles. The number of carboxylic acid groups (broad SMARTS) is 1. The molecule has 0 radical (unpaired) electrons. The first-order chi connectivity index (χ1) is 4.30. The molecule has 0 aromatic carbocycles. The third kappa shape index (κ3) is 1.32. The molecule has 0 fully saturated rings. The molecule has 0 saturated carbocycles. The Labute approximate surface area is 52.9 Å². The fourth-order valence-corrected chi connectivity index (χ4v) is 0.609. The van der Waals surface area contributed by atoms with Crippen molar-refractivity contribution in [2.45, 2.75) is 0 Å². The van der Waals surface area contributed by atoms with E-state index >= 15 is 0 Å². The Morgan fingerprint density at radius 3 is 2.67 bits per heavy atom. The number of nitrogens with zero attached hydrogens (tertiary/aromatic N) is 1. The predicted molar refractivity (Wildman–Crippen MR) is 33.0 cm³/mol. The largest absolute Gasteiger partial charge is 0.465 e. The monoisotopic (exact) mass is 125 g/mol. The van der Waals surface area contributed by atoms with Crippen molar-refractivity contribution < 1.29 is 9.90 Å². The number of amides is 1. The second-order valence-corrected chi connectivity index (χ2v) is 1.70. The first-order valence-corrected chi connectivity index (χ1v) is 2.63. The molecule has 9 heavy (non-hydrogen) atoms. The van der Waals surface area contributed by atoms with Crippen molar-refractivity contribution in [3.63, 3.8) is 0 Å². The molecular weight excluding hydrogens is 118 g/mol. The van der Waals surface area contributed by atoms with Gasteiger partial charge in [0.05, 0.1) is 0 Å². The van der Waals surface area contributed by atoms with Gasteiger partial charge < -0.3 is 5.11 Å². The highest BCUT2D eigenvalue weighted by Gasteiger charge is 2.05. The fourth-order valence-electron chi connectivity index (χ4n) is 0.609. The van der Waals surface area contributed by atoms with Crippen LogP contribution >= 0.6 is 0 Å². The number of hydrogen-bond donors (Lipinski definition) is 1. The van der Waals surface area contributed by atoms with Crippen molar-refractivity contribution in [2.24, 2.45) is 0 Å². The van der Waals surface area contributed by atoms with Crippen LogP contribution in [0.15, 0.2) is 24.4 Å². The predicted octanol–water partition coefficient (Wildman–Crippen LogP) is 1.05. The fraction of sp³-hybridized carbons (Fsp3) is 0.167. The molecule has 0 spiro atoms. The van der Waals surface area contributed by atoms with Gasteiger partial charge in [0.1, 0.15) is 0 Å². The lowest BCUT2D eigenvalue weighted by Crippen LogP contribution is -2.24. The van der Waals surface area contributed by atoms with Crippen molar-refractivity contribution in [3.05, 3.63) is 24.4 Å². The Morgan fingerprint density at radius 1 is 1.56 bits per heavy atom. The molecule has 0 unspecified atom stereocenters. The van der Waals surface area contributed by atoms with Gasteiger partial charge in [0, 0.05) is 12.7 Å². The van der Waals surface area contributed by atoms with Gasteiger partial charge in [-0.3, -0.25) is 4.90 Å². The topological polar surface area (TPSA) is 40.5 Å². The van der Waals surface area contributed by atoms with E-state index in [1.807, 2.05) is 6.08 Å². The summed E-state index contributed by atoms with van der Waals surface area (Å²) >= 11 is 0. The molecular formula is C6H7NO2. The second kappa shape index (κ2) is 2.35. The van der Waals surface area contributed by atoms with Crippen LogP contribution in [0.5, 0.6) is 0 Å². The highest BCUT2D eigenvalue weighted by atomic mass is 16.4. The van der Waals surface area contributed by atoms with Gasteiger partial charge in [-0.25, -0.2) is 4.79 Å². The van der Waals surface area contributed by atoms with Crippen LogP contribution in [0.25, 0.3) is 0 Å². The summed E-state index contributed by atoms with van der Waals surface area (Å²) in [6, 6.07) is 0. The summed E-state index contributed by atoms with van der Waals surface area (Å²) in [5, 5.41) is 8.38. The lowest BCUT2D eigenvalue weighted by atomic mass is 10.4. The molecule has 1 rings (SSSR count). The highest BCUT2D eigenvalue weighted by Crippen LogP contribution is 1.97. The van der Waals surface area contributed by atoms with Crippen LogP contribution in [-0.2, 0) is 0 Å². The minimum Gasteiger partial charge on any atom is -0.465 e. The summed E-state index contributed by atoms with van der Waals surface area (Å²) < 4.78 is 0. The third-order valence-electron chi connectivity index (χ3n) is 1.06. The molecule has 0 saturated heterocycles. The van der Waals surface area contributed by atoms with Gasteiger partial charge in [-0.2, -0.15) is 0 Å². The zero-order valence-electron chi connectivity index (χ0n) is 4.82. The van der Waals surface area contributed by atoms with Crippen molar-refractivity contribution in [2.75, 3.05) is 6.54 Å². The standard InChI is InChI=1S/C6H7NO2/c8-6(9)7-4-2-1-3-5-7/h1-4H,5H2,(H,8,9). The van der Waals surface area contributed by atoms with Crippen LogP contribution in [0.2, 0.25) is 0 Å². The maximum atomic E-state index is 10.2. The van der Waals surface area contributed by atoms with Gasteiger partial charge in [0.2, 0.25) is 0 Å². The van der Waals surface area contributed by atoms with Gasteiger partial charge in [-0.1, -0.05) is 12.2 Å². The van der Waals surface area contributed by atoms with E-state index in [4.69, 9.17) is 5.11 Å². The molecule has 3 nitrogen and oxygen atoms in total. The molecule has 0 aromatic heterocycles. The number of allylic oxidation sites excluding steroid dienone is 2. The van der Waals surface area contributed by atoms with Crippen LogP contribution in [0.4, 0.5) is 4.79 Å². The Bertz CT molecular complexity index is 172. The van der Waals surface area contributed by atoms with E-state index in [1.165, 1.54) is 11.1 Å². The Kier molecular flexibility index (Phi) is 1.53. The van der Waals surface area contributed by atoms with Crippen LogP contribution in [0.3, 0.4) is 0 Å². The summed E-state index contributed by atoms with van der Waals surface area (Å²) in [6.45, 7) is 0.464. The van der Waals surface area contributed by atoms with Crippen LogP contribution in [0, 0.1) is 0 Å². The zero-order chi connectivity index (χ0) is 6.69. The van der Waals surface area contributed by atoms with Gasteiger partial charge in [-0.15, -0.1) is 0 Å². The van der Waals surface area contributed by atoms with E-state index in [0.717, 1.165) is 0 Å². The van der Waals surface area contributed by atoms with Gasteiger partial charge in [-0.05, 0) is 6.08 Å². The highest BCUT2D eigenvalue weighted by molar-refractivity contribution is 5.66. The maximum Gasteiger partial charge on any atom is 0.411 e. The lowest BCUT2D eigenvalue weighted by molar-refractivity contribution is 0.166. The maximum absolute atomic E-state index is 10.2. The zero-order valence-corrected chi connectivity index (χ0v) is 4.82. The van der Waals surface area contributed by atoms with Crippen molar-refractivity contribution in [1.82, 2.24) is 4.90 Å². The average molecular weight is 125 g/mol. The normalized spacial score (nSPS) is 16.2. The molecule has 0 aromatic rings. The summed E-state index contributed by atoms with van der Waals surface area (Å²) in [5.74, 6) is 0. The van der Waals surface area contributed by atoms with Gasteiger partial charge in [0.25, 0.3) is 0 Å². The summed E-state index contributed by atoms with van der Waals surface area (Å²) in [6.07, 6.45) is 5.92. The molecule has 1 N–H and O–H groups in total. The average Bonchev–Trinajstić information content (AvgIpc) is 1.90. The first kappa shape index (κ1) is 5.88. The van der Waals surface area contributed by atoms with E-state index in [0.29, 0.717) is 6.54 Å². The van der Waals surface area contributed by atoms with Crippen LogP contribution < -0.4 is 0 Å². The SMILES string of the molecule is O=C(O)N1C=CC=CC1. The minimum atomic E-state index is -0.907. The Morgan fingerprint density at radius 2 is 2.33 bits per heavy atom. The van der Waals surface area contributed by atoms with Gasteiger partial charge >= 0.3 is 6.09 Å². The number of rotatable bonds is 0. The summed E-state index contributed by atoms with van der Waals surface area (Å²) in [4.78, 5) is 11.4. The van der Waals surface area contributed by atoms with E-state index in [2.05, 4.69) is 0 Å². The Balaban J connectivity index is 2.56. The molecule has 0 bridgehead atoms. The summed E-state index contributed by atoms with van der Waals surface area (Å²) in [5.41, 5.74) is 0. The third-order valence-corrected chi connectivity index (χ3v) is 1.06. The van der Waals surface area contributed by atoms with Crippen molar-refractivity contribution in [3.8, 4) is 0 Å². The van der Waals surface area contributed by atoms with Crippen LogP contribution in [-0.4, -0.2) is 22.6 Å². The molecule has 48 valence electrons. The first-order valence-electron chi connectivity index (χ1n) is 2.63.